The molecule has 1 aliphatic rings. The predicted molar refractivity (Wildman–Crippen MR) is 50.2 cm³/mol. The van der Waals surface area contributed by atoms with Gasteiger partial charge in [-0.25, -0.2) is 4.79 Å². The molecule has 0 bridgehead atoms. The Balaban J connectivity index is 2.73. The zero-order valence-corrected chi connectivity index (χ0v) is 7.52. The second-order valence-corrected chi connectivity index (χ2v) is 2.86. The molecule has 70 valence electrons. The molecule has 2 rings (SSSR count). The van der Waals surface area contributed by atoms with Gasteiger partial charge in [0, 0.05) is 5.56 Å². The molecule has 1 aromatic carbocycles. The van der Waals surface area contributed by atoms with E-state index in [1.165, 1.54) is 0 Å². The number of carbonyl (C=O) groups is 1. The monoisotopic (exact) mass is 196 g/mol. The van der Waals surface area contributed by atoms with E-state index in [0.717, 1.165) is 0 Å². The van der Waals surface area contributed by atoms with Crippen LogP contribution in [0.4, 0.5) is 0 Å². The number of fused-ring (bicyclic) bond motifs is 1. The van der Waals surface area contributed by atoms with Crippen molar-refractivity contribution in [2.24, 2.45) is 0 Å². The van der Waals surface area contributed by atoms with Crippen molar-refractivity contribution in [2.45, 2.75) is 0 Å². The normalized spacial score (nSPS) is 12.4. The zero-order chi connectivity index (χ0) is 10.8. The number of esters is 1. The minimum Gasteiger partial charge on any atom is -0.422 e. The van der Waals surface area contributed by atoms with Crippen molar-refractivity contribution in [3.05, 3.63) is 35.4 Å². The lowest BCUT2D eigenvalue weighted by atomic mass is 10.0. The number of ether oxygens (including phenoxy) is 1. The first-order valence-corrected chi connectivity index (χ1v) is 4.14. The van der Waals surface area contributed by atoms with Crippen molar-refractivity contribution in [2.75, 3.05) is 0 Å². The highest BCUT2D eigenvalue weighted by molar-refractivity contribution is 6.23. The molecule has 0 aromatic heterocycles. The summed E-state index contributed by atoms with van der Waals surface area (Å²) in [4.78, 5) is 11.4. The molecule has 0 fully saturated rings. The summed E-state index contributed by atoms with van der Waals surface area (Å²) in [5.41, 5.74) is 0.334. The first kappa shape index (κ1) is 8.98. The quantitative estimate of drug-likeness (QED) is 0.272. The molecule has 0 saturated carbocycles. The van der Waals surface area contributed by atoms with E-state index in [-0.39, 0.29) is 11.1 Å². The van der Waals surface area contributed by atoms with Gasteiger partial charge in [0.05, 0.1) is 5.57 Å². The number of rotatable bonds is 0. The fourth-order valence-electron chi connectivity index (χ4n) is 1.40. The molecule has 0 spiro atoms. The van der Waals surface area contributed by atoms with Crippen LogP contribution in [0.15, 0.2) is 29.8 Å². The Labute approximate surface area is 85.6 Å². The Hall–Kier alpha value is -2.59. The van der Waals surface area contributed by atoms with Gasteiger partial charge in [-0.3, -0.25) is 0 Å². The van der Waals surface area contributed by atoms with Gasteiger partial charge in [0.25, 0.3) is 0 Å². The maximum absolute atomic E-state index is 11.4. The standard InChI is InChI=1S/C11H4N2O2/c12-5-7(6-13)10-8-3-1-2-4-9(8)15-11(10)14/h1-4H. The molecule has 15 heavy (non-hydrogen) atoms. The molecular formula is C11H4N2O2. The minimum atomic E-state index is -0.644. The van der Waals surface area contributed by atoms with Crippen LogP contribution in [0.1, 0.15) is 5.56 Å². The lowest BCUT2D eigenvalue weighted by Crippen LogP contribution is -2.02. The van der Waals surface area contributed by atoms with Crippen molar-refractivity contribution in [1.82, 2.24) is 0 Å². The van der Waals surface area contributed by atoms with Crippen molar-refractivity contribution in [3.8, 4) is 17.9 Å². The van der Waals surface area contributed by atoms with E-state index in [0.29, 0.717) is 11.3 Å². The topological polar surface area (TPSA) is 73.9 Å². The van der Waals surface area contributed by atoms with Crippen molar-refractivity contribution in [3.63, 3.8) is 0 Å². The number of benzene rings is 1. The van der Waals surface area contributed by atoms with Gasteiger partial charge in [-0.05, 0) is 6.07 Å². The number of hydrogen-bond donors (Lipinski definition) is 0. The smallest absolute Gasteiger partial charge is 0.346 e. The molecule has 0 unspecified atom stereocenters. The number of nitrogens with zero attached hydrogens (tertiary/aromatic N) is 2. The SMILES string of the molecule is N#CC(C#N)=C1C(=O)Oc2ccccc21. The molecule has 1 heterocycles. The fourth-order valence-corrected chi connectivity index (χ4v) is 1.40. The van der Waals surface area contributed by atoms with Crippen LogP contribution in [0.5, 0.6) is 5.75 Å². The van der Waals surface area contributed by atoms with E-state index in [2.05, 4.69) is 0 Å². The summed E-state index contributed by atoms with van der Waals surface area (Å²) in [5, 5.41) is 17.4. The van der Waals surface area contributed by atoms with Gasteiger partial charge < -0.3 is 4.74 Å². The van der Waals surface area contributed by atoms with E-state index in [1.807, 2.05) is 0 Å². The molecule has 0 saturated heterocycles. The van der Waals surface area contributed by atoms with Gasteiger partial charge in [0.15, 0.2) is 0 Å². The number of allylic oxidation sites excluding steroid dienone is 1. The maximum Gasteiger partial charge on any atom is 0.346 e. The van der Waals surface area contributed by atoms with Crippen LogP contribution in [0.2, 0.25) is 0 Å². The van der Waals surface area contributed by atoms with E-state index < -0.39 is 5.97 Å². The van der Waals surface area contributed by atoms with Crippen LogP contribution in [0.3, 0.4) is 0 Å². The highest BCUT2D eigenvalue weighted by atomic mass is 16.5. The first-order chi connectivity index (χ1) is 7.27. The number of para-hydroxylation sites is 1. The van der Waals surface area contributed by atoms with Gasteiger partial charge in [0.1, 0.15) is 23.5 Å². The second kappa shape index (κ2) is 3.28. The molecule has 1 aliphatic heterocycles. The summed E-state index contributed by atoms with van der Waals surface area (Å²) >= 11 is 0. The Morgan fingerprint density at radius 3 is 2.53 bits per heavy atom. The summed E-state index contributed by atoms with van der Waals surface area (Å²) in [5.74, 6) is -0.255. The molecule has 0 N–H and O–H groups in total. The maximum atomic E-state index is 11.4. The lowest BCUT2D eigenvalue weighted by Gasteiger charge is -1.93. The van der Waals surface area contributed by atoms with E-state index >= 15 is 0 Å². The average molecular weight is 196 g/mol. The number of carbonyl (C=O) groups excluding carboxylic acids is 1. The van der Waals surface area contributed by atoms with E-state index in [9.17, 15) is 4.79 Å². The van der Waals surface area contributed by atoms with Crippen LogP contribution >= 0.6 is 0 Å². The third-order valence-electron chi connectivity index (χ3n) is 2.04. The average Bonchev–Trinajstić information content (AvgIpc) is 2.58. The minimum absolute atomic E-state index is 0.0515. The Morgan fingerprint density at radius 1 is 1.20 bits per heavy atom. The molecule has 4 nitrogen and oxygen atoms in total. The number of nitriles is 2. The van der Waals surface area contributed by atoms with Gasteiger partial charge in [-0.1, -0.05) is 18.2 Å². The first-order valence-electron chi connectivity index (χ1n) is 4.14. The highest BCUT2D eigenvalue weighted by Gasteiger charge is 2.29. The molecular weight excluding hydrogens is 192 g/mol. The fraction of sp³-hybridized carbons (Fsp3) is 0. The van der Waals surface area contributed by atoms with Crippen molar-refractivity contribution in [1.29, 1.82) is 10.5 Å². The lowest BCUT2D eigenvalue weighted by molar-refractivity contribution is -0.127. The molecule has 0 radical (unpaired) electrons. The Kier molecular flexibility index (Phi) is 1.97. The Bertz CT molecular complexity index is 543. The molecule has 0 aliphatic carbocycles. The second-order valence-electron chi connectivity index (χ2n) is 2.86. The summed E-state index contributed by atoms with van der Waals surface area (Å²) in [6.07, 6.45) is 0. The predicted octanol–water partition coefficient (Wildman–Crippen LogP) is 1.41. The van der Waals surface area contributed by atoms with E-state index in [1.54, 1.807) is 36.4 Å². The van der Waals surface area contributed by atoms with Crippen LogP contribution in [-0.4, -0.2) is 5.97 Å². The zero-order valence-electron chi connectivity index (χ0n) is 7.52. The highest BCUT2D eigenvalue weighted by Crippen LogP contribution is 2.35. The van der Waals surface area contributed by atoms with Crippen LogP contribution < -0.4 is 4.74 Å². The van der Waals surface area contributed by atoms with Crippen molar-refractivity contribution < 1.29 is 9.53 Å². The third kappa shape index (κ3) is 1.25. The molecule has 0 atom stereocenters. The summed E-state index contributed by atoms with van der Waals surface area (Å²) in [7, 11) is 0. The van der Waals surface area contributed by atoms with Gasteiger partial charge in [-0.15, -0.1) is 0 Å². The largest absolute Gasteiger partial charge is 0.422 e. The number of hydrogen-bond acceptors (Lipinski definition) is 4. The molecule has 0 amide bonds. The summed E-state index contributed by atoms with van der Waals surface area (Å²) < 4.78 is 4.91. The summed E-state index contributed by atoms with van der Waals surface area (Å²) in [6, 6.07) is 10.1. The third-order valence-corrected chi connectivity index (χ3v) is 2.04. The molecule has 1 aromatic rings. The van der Waals surface area contributed by atoms with Crippen LogP contribution in [0, 0.1) is 22.7 Å². The summed E-state index contributed by atoms with van der Waals surface area (Å²) in [6.45, 7) is 0. The van der Waals surface area contributed by atoms with Crippen LogP contribution in [-0.2, 0) is 4.79 Å². The van der Waals surface area contributed by atoms with Crippen LogP contribution in [0.25, 0.3) is 5.57 Å². The van der Waals surface area contributed by atoms with Gasteiger partial charge >= 0.3 is 5.97 Å². The van der Waals surface area contributed by atoms with Gasteiger partial charge in [0.2, 0.25) is 0 Å². The molecule has 4 heteroatoms. The van der Waals surface area contributed by atoms with Gasteiger partial charge in [-0.2, -0.15) is 10.5 Å². The van der Waals surface area contributed by atoms with E-state index in [4.69, 9.17) is 15.3 Å². The van der Waals surface area contributed by atoms with Crippen molar-refractivity contribution >= 4 is 11.5 Å². The Morgan fingerprint density at radius 2 is 1.87 bits per heavy atom.